The Morgan fingerprint density at radius 3 is 2.72 bits per heavy atom. The van der Waals surface area contributed by atoms with Gasteiger partial charge >= 0.3 is 6.18 Å². The molecule has 0 bridgehead atoms. The number of nitrogens with one attached hydrogen (secondary N) is 1. The lowest BCUT2D eigenvalue weighted by Crippen LogP contribution is -2.20. The van der Waals surface area contributed by atoms with Gasteiger partial charge in [0.1, 0.15) is 0 Å². The molecule has 2 aliphatic rings. The molecule has 5 nitrogen and oxygen atoms in total. The van der Waals surface area contributed by atoms with E-state index in [1.807, 2.05) is 12.1 Å². The zero-order chi connectivity index (χ0) is 22.3. The number of nitrogens with zero attached hydrogens (tertiary/aromatic N) is 3. The maximum atomic E-state index is 13.8. The highest BCUT2D eigenvalue weighted by Gasteiger charge is 2.38. The van der Waals surface area contributed by atoms with Crippen LogP contribution < -0.4 is 5.32 Å². The second-order valence-corrected chi connectivity index (χ2v) is 8.46. The predicted octanol–water partition coefficient (Wildman–Crippen LogP) is 6.12. The van der Waals surface area contributed by atoms with Crippen LogP contribution in [0.1, 0.15) is 66.8 Å². The molecular weight excluding hydrogens is 417 g/mol. The quantitative estimate of drug-likeness (QED) is 0.533. The van der Waals surface area contributed by atoms with Crippen LogP contribution in [0.4, 0.5) is 18.9 Å². The highest BCUT2D eigenvalue weighted by molar-refractivity contribution is 5.86. The zero-order valence-corrected chi connectivity index (χ0v) is 17.5. The molecule has 0 spiro atoms. The van der Waals surface area contributed by atoms with Crippen molar-refractivity contribution in [3.05, 3.63) is 58.8 Å². The van der Waals surface area contributed by atoms with Crippen molar-refractivity contribution in [3.63, 3.8) is 0 Å². The van der Waals surface area contributed by atoms with E-state index in [1.54, 1.807) is 24.3 Å². The Morgan fingerprint density at radius 2 is 1.97 bits per heavy atom. The first-order chi connectivity index (χ1) is 15.4. The number of rotatable bonds is 3. The Hall–Kier alpha value is -3.05. The maximum Gasteiger partial charge on any atom is 0.435 e. The fourth-order valence-corrected chi connectivity index (χ4v) is 4.81. The molecular formula is C24H23F3N4O. The Balaban J connectivity index is 1.51. The van der Waals surface area contributed by atoms with E-state index in [2.05, 4.69) is 16.5 Å². The first kappa shape index (κ1) is 20.8. The van der Waals surface area contributed by atoms with Crippen molar-refractivity contribution in [3.8, 4) is 6.07 Å². The van der Waals surface area contributed by atoms with Gasteiger partial charge in [0, 0.05) is 17.7 Å². The van der Waals surface area contributed by atoms with Gasteiger partial charge in [-0.25, -0.2) is 4.68 Å². The Labute approximate surface area is 183 Å². The van der Waals surface area contributed by atoms with Crippen molar-refractivity contribution in [2.75, 3.05) is 11.9 Å². The number of aryl methyl sites for hydroxylation is 1. The number of anilines is 1. The van der Waals surface area contributed by atoms with Crippen LogP contribution in [0.5, 0.6) is 0 Å². The molecule has 1 N–H and O–H groups in total. The summed E-state index contributed by atoms with van der Waals surface area (Å²) in [5.41, 5.74) is 3.00. The van der Waals surface area contributed by atoms with Gasteiger partial charge in [-0.05, 0) is 80.0 Å². The number of fused-ring (bicyclic) bond motifs is 2. The number of halogens is 3. The minimum absolute atomic E-state index is 0.0185. The summed E-state index contributed by atoms with van der Waals surface area (Å²) in [5, 5.41) is 16.6. The molecule has 8 heteroatoms. The lowest BCUT2D eigenvalue weighted by molar-refractivity contribution is -0.141. The minimum Gasteiger partial charge on any atom is -0.378 e. The summed E-state index contributed by atoms with van der Waals surface area (Å²) in [6, 6.07) is 12.8. The summed E-state index contributed by atoms with van der Waals surface area (Å²) in [6.45, 7) is 0.529. The van der Waals surface area contributed by atoms with Crippen molar-refractivity contribution < 1.29 is 17.9 Å². The van der Waals surface area contributed by atoms with Crippen LogP contribution in [0.3, 0.4) is 0 Å². The molecule has 1 aliphatic carbocycles. The van der Waals surface area contributed by atoms with Gasteiger partial charge in [0.25, 0.3) is 0 Å². The van der Waals surface area contributed by atoms with E-state index in [-0.39, 0.29) is 11.4 Å². The molecule has 0 amide bonds. The van der Waals surface area contributed by atoms with E-state index in [0.29, 0.717) is 29.8 Å². The van der Waals surface area contributed by atoms with Crippen LogP contribution in [-0.4, -0.2) is 16.4 Å². The highest BCUT2D eigenvalue weighted by atomic mass is 19.4. The number of alkyl halides is 3. The van der Waals surface area contributed by atoms with Crippen LogP contribution in [0.2, 0.25) is 0 Å². The molecule has 3 aromatic rings. The molecule has 1 aromatic heterocycles. The first-order valence-corrected chi connectivity index (χ1v) is 10.9. The predicted molar refractivity (Wildman–Crippen MR) is 114 cm³/mol. The molecule has 2 aromatic carbocycles. The molecule has 32 heavy (non-hydrogen) atoms. The molecule has 1 fully saturated rings. The fourth-order valence-electron chi connectivity index (χ4n) is 4.81. The van der Waals surface area contributed by atoms with E-state index in [9.17, 15) is 13.2 Å². The lowest BCUT2D eigenvalue weighted by Gasteiger charge is -2.27. The third-order valence-corrected chi connectivity index (χ3v) is 6.33. The van der Waals surface area contributed by atoms with Crippen LogP contribution >= 0.6 is 0 Å². The van der Waals surface area contributed by atoms with Crippen LogP contribution in [0, 0.1) is 11.3 Å². The van der Waals surface area contributed by atoms with Gasteiger partial charge in [0.2, 0.25) is 0 Å². The van der Waals surface area contributed by atoms with E-state index in [0.717, 1.165) is 43.2 Å². The van der Waals surface area contributed by atoms with Crippen LogP contribution in [-0.2, 0) is 17.3 Å². The highest BCUT2D eigenvalue weighted by Crippen LogP contribution is 2.39. The second kappa shape index (κ2) is 8.14. The topological polar surface area (TPSA) is 62.9 Å². The maximum absolute atomic E-state index is 13.8. The summed E-state index contributed by atoms with van der Waals surface area (Å²) in [5.74, 6) is 0. The number of ether oxygens (including phenoxy) is 1. The zero-order valence-electron chi connectivity index (χ0n) is 17.5. The molecule has 1 saturated heterocycles. The van der Waals surface area contributed by atoms with Crippen LogP contribution in [0.25, 0.3) is 10.9 Å². The SMILES string of the molecule is N#Cc1ccc2c(c1)CCCC2Nc1ccc2c(c1)c(C(F)(F)F)nn2C1CCCCO1. The average Bonchev–Trinajstić information content (AvgIpc) is 3.19. The fraction of sp³-hybridized carbons (Fsp3) is 0.417. The average molecular weight is 440 g/mol. The molecule has 2 heterocycles. The molecule has 2 unspecified atom stereocenters. The number of benzene rings is 2. The monoisotopic (exact) mass is 440 g/mol. The summed E-state index contributed by atoms with van der Waals surface area (Å²) in [6.07, 6.45) is 0.162. The van der Waals surface area contributed by atoms with Crippen molar-refractivity contribution in [2.45, 2.75) is 57.0 Å². The Morgan fingerprint density at radius 1 is 1.09 bits per heavy atom. The van der Waals surface area contributed by atoms with Crippen molar-refractivity contribution in [1.29, 1.82) is 5.26 Å². The Kier molecular flexibility index (Phi) is 5.30. The summed E-state index contributed by atoms with van der Waals surface area (Å²) in [4.78, 5) is 0. The normalized spacial score (nSPS) is 21.2. The second-order valence-electron chi connectivity index (χ2n) is 8.46. The van der Waals surface area contributed by atoms with Gasteiger partial charge in [-0.3, -0.25) is 0 Å². The lowest BCUT2D eigenvalue weighted by atomic mass is 9.86. The molecule has 1 aliphatic heterocycles. The molecule has 5 rings (SSSR count). The van der Waals surface area contributed by atoms with Gasteiger partial charge in [0.05, 0.1) is 23.2 Å². The molecule has 0 saturated carbocycles. The molecule has 0 radical (unpaired) electrons. The smallest absolute Gasteiger partial charge is 0.378 e. The Bertz CT molecular complexity index is 1190. The largest absolute Gasteiger partial charge is 0.435 e. The first-order valence-electron chi connectivity index (χ1n) is 10.9. The number of aromatic nitrogens is 2. The summed E-state index contributed by atoms with van der Waals surface area (Å²) in [7, 11) is 0. The summed E-state index contributed by atoms with van der Waals surface area (Å²) >= 11 is 0. The van der Waals surface area contributed by atoms with Crippen molar-refractivity contribution in [1.82, 2.24) is 9.78 Å². The van der Waals surface area contributed by atoms with Crippen LogP contribution in [0.15, 0.2) is 36.4 Å². The van der Waals surface area contributed by atoms with Gasteiger partial charge < -0.3 is 10.1 Å². The van der Waals surface area contributed by atoms with Gasteiger partial charge in [-0.1, -0.05) is 6.07 Å². The van der Waals surface area contributed by atoms with Crippen molar-refractivity contribution in [2.24, 2.45) is 0 Å². The van der Waals surface area contributed by atoms with E-state index in [4.69, 9.17) is 10.00 Å². The molecule has 166 valence electrons. The van der Waals surface area contributed by atoms with Gasteiger partial charge in [-0.2, -0.15) is 23.5 Å². The number of nitriles is 1. The number of hydrogen-bond acceptors (Lipinski definition) is 4. The molecule has 2 atom stereocenters. The third-order valence-electron chi connectivity index (χ3n) is 6.33. The summed E-state index contributed by atoms with van der Waals surface area (Å²) < 4.78 is 48.5. The van der Waals surface area contributed by atoms with Gasteiger partial charge in [-0.15, -0.1) is 0 Å². The van der Waals surface area contributed by atoms with E-state index >= 15 is 0 Å². The van der Waals surface area contributed by atoms with Gasteiger partial charge in [0.15, 0.2) is 11.9 Å². The van der Waals surface area contributed by atoms with Crippen molar-refractivity contribution >= 4 is 16.6 Å². The third kappa shape index (κ3) is 3.82. The minimum atomic E-state index is -4.55. The standard InChI is InChI=1S/C24H23F3N4O/c25-24(26,27)23-19-13-17(8-10-21(19)31(30-23)22-6-1-2-11-32-22)29-20-5-3-4-16-12-15(14-28)7-9-18(16)20/h7-10,12-13,20,22,29H,1-6,11H2. The number of hydrogen-bond donors (Lipinski definition) is 1. The van der Waals surface area contributed by atoms with E-state index < -0.39 is 18.1 Å². The van der Waals surface area contributed by atoms with E-state index in [1.165, 1.54) is 4.68 Å².